The number of allylic oxidation sites excluding steroid dienone is 2. The monoisotopic (exact) mass is 159 g/mol. The number of rotatable bonds is 2. The van der Waals surface area contributed by atoms with Crippen LogP contribution in [-0.4, -0.2) is 20.3 Å². The lowest BCUT2D eigenvalue weighted by Gasteiger charge is -2.22. The fourth-order valence-electron chi connectivity index (χ4n) is 0.631. The van der Waals surface area contributed by atoms with Crippen molar-refractivity contribution in [2.75, 3.05) is 6.54 Å². The standard InChI is InChI=1S/C5H8N2O2S/c8-10(9)6-7-4-2-1-3-5-7/h1-4,6H,5H2,(H,8,9)/p-1. The summed E-state index contributed by atoms with van der Waals surface area (Å²) in [5.41, 5.74) is 0. The average molecular weight is 159 g/mol. The van der Waals surface area contributed by atoms with E-state index in [-0.39, 0.29) is 0 Å². The van der Waals surface area contributed by atoms with Gasteiger partial charge in [-0.1, -0.05) is 12.2 Å². The van der Waals surface area contributed by atoms with E-state index in [9.17, 15) is 8.76 Å². The van der Waals surface area contributed by atoms with Gasteiger partial charge in [0, 0.05) is 17.5 Å². The smallest absolute Gasteiger partial charge is 0.0531 e. The summed E-state index contributed by atoms with van der Waals surface area (Å²) in [7, 11) is 0. The van der Waals surface area contributed by atoms with Crippen LogP contribution in [-0.2, 0) is 11.3 Å². The van der Waals surface area contributed by atoms with Crippen LogP contribution in [0.5, 0.6) is 0 Å². The predicted molar refractivity (Wildman–Crippen MR) is 37.0 cm³/mol. The number of hydrazine groups is 1. The van der Waals surface area contributed by atoms with Crippen molar-refractivity contribution in [2.45, 2.75) is 0 Å². The van der Waals surface area contributed by atoms with Gasteiger partial charge in [0.25, 0.3) is 0 Å². The second-order valence-electron chi connectivity index (χ2n) is 1.75. The van der Waals surface area contributed by atoms with Crippen LogP contribution in [0.2, 0.25) is 0 Å². The molecule has 0 aromatic carbocycles. The first-order valence-corrected chi connectivity index (χ1v) is 3.82. The summed E-state index contributed by atoms with van der Waals surface area (Å²) in [4.78, 5) is 2.19. The highest BCUT2D eigenvalue weighted by Gasteiger charge is 1.95. The highest BCUT2D eigenvalue weighted by atomic mass is 32.2. The highest BCUT2D eigenvalue weighted by Crippen LogP contribution is 1.93. The van der Waals surface area contributed by atoms with Gasteiger partial charge in [-0.15, -0.1) is 0 Å². The third-order valence-electron chi connectivity index (χ3n) is 1.01. The van der Waals surface area contributed by atoms with Crippen LogP contribution in [0.15, 0.2) is 24.4 Å². The molecule has 0 fully saturated rings. The Kier molecular flexibility index (Phi) is 2.61. The Morgan fingerprint density at radius 2 is 2.40 bits per heavy atom. The first-order valence-electron chi connectivity index (χ1n) is 2.74. The van der Waals surface area contributed by atoms with E-state index in [1.807, 2.05) is 12.2 Å². The van der Waals surface area contributed by atoms with Crippen LogP contribution in [0.25, 0.3) is 0 Å². The maximum absolute atomic E-state index is 10.1. The summed E-state index contributed by atoms with van der Waals surface area (Å²) in [6.07, 6.45) is 7.10. The molecular weight excluding hydrogens is 152 g/mol. The van der Waals surface area contributed by atoms with Gasteiger partial charge < -0.3 is 9.56 Å². The second kappa shape index (κ2) is 3.50. The SMILES string of the molecule is O=S([O-])NN1C=CC=CC1. The lowest BCUT2D eigenvalue weighted by Crippen LogP contribution is -2.35. The quantitative estimate of drug-likeness (QED) is 0.561. The minimum atomic E-state index is -2.22. The van der Waals surface area contributed by atoms with E-state index in [0.29, 0.717) is 6.54 Å². The summed E-state index contributed by atoms with van der Waals surface area (Å²) in [5, 5.41) is 1.46. The van der Waals surface area contributed by atoms with Crippen molar-refractivity contribution in [3.05, 3.63) is 24.4 Å². The van der Waals surface area contributed by atoms with Crippen molar-refractivity contribution in [2.24, 2.45) is 0 Å². The summed E-state index contributed by atoms with van der Waals surface area (Å²) >= 11 is -2.22. The Balaban J connectivity index is 2.37. The van der Waals surface area contributed by atoms with Crippen molar-refractivity contribution in [1.82, 2.24) is 9.84 Å². The van der Waals surface area contributed by atoms with Crippen LogP contribution in [0, 0.1) is 0 Å². The molecule has 0 amide bonds. The van der Waals surface area contributed by atoms with Gasteiger partial charge in [-0.05, 0) is 6.08 Å². The lowest BCUT2D eigenvalue weighted by molar-refractivity contribution is 0.358. The lowest BCUT2D eigenvalue weighted by atomic mass is 10.4. The largest absolute Gasteiger partial charge is 0.759 e. The molecule has 56 valence electrons. The van der Waals surface area contributed by atoms with Gasteiger partial charge in [0.1, 0.15) is 0 Å². The van der Waals surface area contributed by atoms with Crippen LogP contribution in [0.1, 0.15) is 0 Å². The number of nitrogens with one attached hydrogen (secondary N) is 1. The van der Waals surface area contributed by atoms with Crippen molar-refractivity contribution in [3.63, 3.8) is 0 Å². The second-order valence-corrected chi connectivity index (χ2v) is 2.40. The van der Waals surface area contributed by atoms with Crippen LogP contribution < -0.4 is 4.83 Å². The fraction of sp³-hybridized carbons (Fsp3) is 0.200. The molecule has 0 bridgehead atoms. The van der Waals surface area contributed by atoms with E-state index < -0.39 is 11.3 Å². The molecule has 0 radical (unpaired) electrons. The van der Waals surface area contributed by atoms with E-state index in [1.54, 1.807) is 12.3 Å². The van der Waals surface area contributed by atoms with E-state index >= 15 is 0 Å². The third-order valence-corrected chi connectivity index (χ3v) is 1.39. The molecule has 1 aliphatic rings. The zero-order chi connectivity index (χ0) is 7.40. The Morgan fingerprint density at radius 3 is 2.90 bits per heavy atom. The van der Waals surface area contributed by atoms with Crippen molar-refractivity contribution < 1.29 is 8.76 Å². The highest BCUT2D eigenvalue weighted by molar-refractivity contribution is 7.76. The molecule has 0 aromatic rings. The van der Waals surface area contributed by atoms with Gasteiger partial charge in [-0.2, -0.15) is 4.83 Å². The third kappa shape index (κ3) is 2.30. The molecule has 0 aliphatic carbocycles. The van der Waals surface area contributed by atoms with E-state index in [2.05, 4.69) is 4.83 Å². The summed E-state index contributed by atoms with van der Waals surface area (Å²) in [6.45, 7) is 0.574. The molecule has 1 aliphatic heterocycles. The molecule has 1 heterocycles. The van der Waals surface area contributed by atoms with E-state index in [4.69, 9.17) is 0 Å². The molecule has 10 heavy (non-hydrogen) atoms. The van der Waals surface area contributed by atoms with Crippen LogP contribution in [0.3, 0.4) is 0 Å². The molecule has 1 atom stereocenters. The average Bonchev–Trinajstić information content (AvgIpc) is 1.88. The van der Waals surface area contributed by atoms with Gasteiger partial charge in [-0.25, -0.2) is 0 Å². The molecule has 1 rings (SSSR count). The Hall–Kier alpha value is -0.650. The minimum Gasteiger partial charge on any atom is -0.759 e. The molecule has 0 saturated carbocycles. The molecule has 0 spiro atoms. The molecule has 5 heteroatoms. The fourth-order valence-corrected chi connectivity index (χ4v) is 0.958. The van der Waals surface area contributed by atoms with E-state index in [1.165, 1.54) is 5.01 Å². The Labute approximate surface area is 61.6 Å². The summed E-state index contributed by atoms with van der Waals surface area (Å²) in [6, 6.07) is 0. The zero-order valence-electron chi connectivity index (χ0n) is 5.19. The van der Waals surface area contributed by atoms with Crippen LogP contribution in [0.4, 0.5) is 0 Å². The van der Waals surface area contributed by atoms with Gasteiger partial charge in [0.2, 0.25) is 0 Å². The Morgan fingerprint density at radius 1 is 1.60 bits per heavy atom. The van der Waals surface area contributed by atoms with E-state index in [0.717, 1.165) is 0 Å². The van der Waals surface area contributed by atoms with Gasteiger partial charge in [0.15, 0.2) is 0 Å². The van der Waals surface area contributed by atoms with Gasteiger partial charge in [-0.3, -0.25) is 4.21 Å². The first kappa shape index (κ1) is 7.46. The predicted octanol–water partition coefficient (Wildman–Crippen LogP) is -0.329. The van der Waals surface area contributed by atoms with Gasteiger partial charge in [0.05, 0.1) is 6.54 Å². The molecule has 4 nitrogen and oxygen atoms in total. The molecular formula is C5H7N2O2S-. The molecule has 1 unspecified atom stereocenters. The van der Waals surface area contributed by atoms with Crippen molar-refractivity contribution in [1.29, 1.82) is 0 Å². The number of hydrogen-bond donors (Lipinski definition) is 1. The molecule has 0 saturated heterocycles. The molecule has 1 N–H and O–H groups in total. The topological polar surface area (TPSA) is 55.4 Å². The van der Waals surface area contributed by atoms with Crippen LogP contribution >= 0.6 is 0 Å². The number of hydrogen-bond acceptors (Lipinski definition) is 3. The van der Waals surface area contributed by atoms with Crippen molar-refractivity contribution in [3.8, 4) is 0 Å². The first-order chi connectivity index (χ1) is 4.79. The maximum Gasteiger partial charge on any atom is 0.0531 e. The molecule has 0 aromatic heterocycles. The number of nitrogens with zero attached hydrogens (tertiary/aromatic N) is 1. The maximum atomic E-state index is 10.1. The minimum absolute atomic E-state index is 0.574. The Bertz CT molecular complexity index is 190. The van der Waals surface area contributed by atoms with Crippen molar-refractivity contribution >= 4 is 11.3 Å². The normalized spacial score (nSPS) is 19.5. The summed E-state index contributed by atoms with van der Waals surface area (Å²) < 4.78 is 20.1. The zero-order valence-corrected chi connectivity index (χ0v) is 6.00. The van der Waals surface area contributed by atoms with Gasteiger partial charge >= 0.3 is 0 Å². The summed E-state index contributed by atoms with van der Waals surface area (Å²) in [5.74, 6) is 0.